The van der Waals surface area contributed by atoms with Crippen molar-refractivity contribution >= 4 is 32.6 Å². The molecule has 0 N–H and O–H groups in total. The summed E-state index contributed by atoms with van der Waals surface area (Å²) in [6, 6.07) is 27.0. The summed E-state index contributed by atoms with van der Waals surface area (Å²) in [6.45, 7) is 3.24. The van der Waals surface area contributed by atoms with Gasteiger partial charge in [-0.2, -0.15) is 0 Å². The molecule has 0 radical (unpaired) electrons. The molecule has 0 unspecified atom stereocenters. The second-order valence-corrected chi connectivity index (χ2v) is 7.29. The maximum Gasteiger partial charge on any atom is 0.0497 e. The minimum Gasteiger partial charge on any atom is -0.341 e. The molecule has 26 heavy (non-hydrogen) atoms. The predicted molar refractivity (Wildman–Crippen MR) is 111 cm³/mol. The number of rotatable bonds is 1. The van der Waals surface area contributed by atoms with Crippen LogP contribution in [0.5, 0.6) is 0 Å². The fourth-order valence-electron chi connectivity index (χ4n) is 4.83. The molecular formula is C25H19N. The number of aromatic nitrogens is 1. The van der Waals surface area contributed by atoms with Crippen LogP contribution in [0.3, 0.4) is 0 Å². The van der Waals surface area contributed by atoms with Gasteiger partial charge in [0.25, 0.3) is 0 Å². The van der Waals surface area contributed by atoms with Gasteiger partial charge < -0.3 is 4.57 Å². The maximum absolute atomic E-state index is 2.47. The van der Waals surface area contributed by atoms with E-state index in [1.165, 1.54) is 54.8 Å². The van der Waals surface area contributed by atoms with E-state index < -0.39 is 0 Å². The minimum absolute atomic E-state index is 0.990. The summed E-state index contributed by atoms with van der Waals surface area (Å²) in [4.78, 5) is 0. The smallest absolute Gasteiger partial charge is 0.0497 e. The van der Waals surface area contributed by atoms with Gasteiger partial charge in [0.05, 0.1) is 0 Å². The summed E-state index contributed by atoms with van der Waals surface area (Å²) in [5, 5.41) is 5.45. The quantitative estimate of drug-likeness (QED) is 0.322. The van der Waals surface area contributed by atoms with Crippen LogP contribution in [-0.4, -0.2) is 4.57 Å². The molecule has 0 saturated heterocycles. The Morgan fingerprint density at radius 2 is 1.58 bits per heavy atom. The number of benzene rings is 4. The molecule has 124 valence electrons. The number of fused-ring (bicyclic) bond motifs is 8. The second kappa shape index (κ2) is 4.98. The summed E-state index contributed by atoms with van der Waals surface area (Å²) in [5.41, 5.74) is 8.44. The standard InChI is InChI=1S/C25H19N/c1-2-26-23-12-11-16-7-3-6-10-20(16)25(23)22-15-21-18(14-24(22)26)13-17-8-4-5-9-19(17)21/h3-12,14-15H,2,13H2,1H3. The Kier molecular flexibility index (Phi) is 2.71. The highest BCUT2D eigenvalue weighted by molar-refractivity contribution is 6.21. The summed E-state index contributed by atoms with van der Waals surface area (Å²) in [7, 11) is 0. The van der Waals surface area contributed by atoms with E-state index in [9.17, 15) is 0 Å². The largest absolute Gasteiger partial charge is 0.341 e. The number of aryl methyl sites for hydroxylation is 1. The van der Waals surface area contributed by atoms with E-state index in [0.29, 0.717) is 0 Å². The average Bonchev–Trinajstić information content (AvgIpc) is 3.20. The van der Waals surface area contributed by atoms with E-state index in [1.807, 2.05) is 0 Å². The van der Waals surface area contributed by atoms with Crippen molar-refractivity contribution in [2.75, 3.05) is 0 Å². The predicted octanol–water partition coefficient (Wildman–Crippen LogP) is 6.54. The first-order chi connectivity index (χ1) is 12.8. The third kappa shape index (κ3) is 1.70. The molecule has 1 aliphatic rings. The number of nitrogens with zero attached hydrogens (tertiary/aromatic N) is 1. The zero-order chi connectivity index (χ0) is 17.3. The Labute approximate surface area is 152 Å². The molecule has 0 bridgehead atoms. The summed E-state index contributed by atoms with van der Waals surface area (Å²) >= 11 is 0. The highest BCUT2D eigenvalue weighted by Gasteiger charge is 2.21. The highest BCUT2D eigenvalue weighted by atomic mass is 15.0. The van der Waals surface area contributed by atoms with Gasteiger partial charge >= 0.3 is 0 Å². The molecule has 0 atom stereocenters. The van der Waals surface area contributed by atoms with Gasteiger partial charge in [0.1, 0.15) is 0 Å². The zero-order valence-electron chi connectivity index (χ0n) is 14.8. The molecular weight excluding hydrogens is 314 g/mol. The van der Waals surface area contributed by atoms with Crippen LogP contribution in [0, 0.1) is 0 Å². The SMILES string of the molecule is CCn1c2cc3c(cc2c2c4ccccc4ccc21)-c1ccccc1C3. The molecule has 1 aliphatic carbocycles. The first kappa shape index (κ1) is 14.1. The molecule has 0 aliphatic heterocycles. The van der Waals surface area contributed by atoms with Gasteiger partial charge in [0.2, 0.25) is 0 Å². The number of hydrogen-bond acceptors (Lipinski definition) is 0. The van der Waals surface area contributed by atoms with E-state index in [-0.39, 0.29) is 0 Å². The van der Waals surface area contributed by atoms with Gasteiger partial charge in [0, 0.05) is 28.4 Å². The van der Waals surface area contributed by atoms with E-state index >= 15 is 0 Å². The lowest BCUT2D eigenvalue weighted by molar-refractivity contribution is 0.827. The third-order valence-corrected chi connectivity index (χ3v) is 5.98. The molecule has 0 spiro atoms. The van der Waals surface area contributed by atoms with E-state index in [4.69, 9.17) is 0 Å². The van der Waals surface area contributed by atoms with Crippen molar-refractivity contribution in [3.63, 3.8) is 0 Å². The van der Waals surface area contributed by atoms with Crippen molar-refractivity contribution in [3.05, 3.63) is 83.9 Å². The fraction of sp³-hybridized carbons (Fsp3) is 0.120. The van der Waals surface area contributed by atoms with Crippen LogP contribution in [0.1, 0.15) is 18.1 Å². The van der Waals surface area contributed by atoms with Gasteiger partial charge in [0.15, 0.2) is 0 Å². The van der Waals surface area contributed by atoms with Gasteiger partial charge in [-0.3, -0.25) is 0 Å². The summed E-state index contributed by atoms with van der Waals surface area (Å²) < 4.78 is 2.47. The Hall–Kier alpha value is -3.06. The van der Waals surface area contributed by atoms with Crippen molar-refractivity contribution < 1.29 is 0 Å². The van der Waals surface area contributed by atoms with E-state index in [2.05, 4.69) is 84.3 Å². The van der Waals surface area contributed by atoms with Crippen LogP contribution in [0.2, 0.25) is 0 Å². The van der Waals surface area contributed by atoms with Gasteiger partial charge in [-0.25, -0.2) is 0 Å². The topological polar surface area (TPSA) is 4.93 Å². The highest BCUT2D eigenvalue weighted by Crippen LogP contribution is 2.42. The van der Waals surface area contributed by atoms with Gasteiger partial charge in [-0.15, -0.1) is 0 Å². The molecule has 0 amide bonds. The van der Waals surface area contributed by atoms with Crippen LogP contribution in [0.25, 0.3) is 43.7 Å². The monoisotopic (exact) mass is 333 g/mol. The maximum atomic E-state index is 2.47. The third-order valence-electron chi connectivity index (χ3n) is 5.98. The lowest BCUT2D eigenvalue weighted by atomic mass is 10.00. The van der Waals surface area contributed by atoms with Crippen LogP contribution in [0.15, 0.2) is 72.8 Å². The van der Waals surface area contributed by atoms with Gasteiger partial charge in [-0.1, -0.05) is 54.6 Å². The minimum atomic E-state index is 0.990. The Balaban J connectivity index is 1.82. The lowest BCUT2D eigenvalue weighted by Crippen LogP contribution is -1.93. The van der Waals surface area contributed by atoms with Crippen LogP contribution < -0.4 is 0 Å². The van der Waals surface area contributed by atoms with E-state index in [1.54, 1.807) is 0 Å². The van der Waals surface area contributed by atoms with E-state index in [0.717, 1.165) is 13.0 Å². The molecule has 5 aromatic rings. The summed E-state index contributed by atoms with van der Waals surface area (Å²) in [5.74, 6) is 0. The van der Waals surface area contributed by atoms with Crippen molar-refractivity contribution in [2.24, 2.45) is 0 Å². The fourth-order valence-corrected chi connectivity index (χ4v) is 4.83. The van der Waals surface area contributed by atoms with Gasteiger partial charge in [-0.05, 0) is 64.6 Å². The van der Waals surface area contributed by atoms with Crippen molar-refractivity contribution in [2.45, 2.75) is 19.9 Å². The molecule has 0 saturated carbocycles. The van der Waals surface area contributed by atoms with Crippen LogP contribution in [0.4, 0.5) is 0 Å². The zero-order valence-corrected chi connectivity index (χ0v) is 14.8. The molecule has 1 heteroatoms. The Morgan fingerprint density at radius 3 is 2.50 bits per heavy atom. The molecule has 1 heterocycles. The van der Waals surface area contributed by atoms with Crippen molar-refractivity contribution in [3.8, 4) is 11.1 Å². The first-order valence-corrected chi connectivity index (χ1v) is 9.40. The summed E-state index contributed by atoms with van der Waals surface area (Å²) in [6.07, 6.45) is 1.05. The lowest BCUT2D eigenvalue weighted by Gasteiger charge is -2.05. The Morgan fingerprint density at radius 1 is 0.731 bits per heavy atom. The molecule has 1 nitrogen and oxygen atoms in total. The first-order valence-electron chi connectivity index (χ1n) is 9.40. The number of hydrogen-bond donors (Lipinski definition) is 0. The molecule has 1 aromatic heterocycles. The molecule has 6 rings (SSSR count). The normalized spacial score (nSPS) is 12.8. The van der Waals surface area contributed by atoms with Crippen LogP contribution in [-0.2, 0) is 13.0 Å². The average molecular weight is 333 g/mol. The molecule has 4 aromatic carbocycles. The van der Waals surface area contributed by atoms with Crippen molar-refractivity contribution in [1.29, 1.82) is 0 Å². The second-order valence-electron chi connectivity index (χ2n) is 7.29. The molecule has 0 fully saturated rings. The van der Waals surface area contributed by atoms with Crippen LogP contribution >= 0.6 is 0 Å². The van der Waals surface area contributed by atoms with Crippen molar-refractivity contribution in [1.82, 2.24) is 4.57 Å². The Bertz CT molecular complexity index is 1340.